The molecule has 108 valence electrons. The molecule has 0 bridgehead atoms. The van der Waals surface area contributed by atoms with Crippen molar-refractivity contribution in [3.05, 3.63) is 57.7 Å². The molecule has 3 aromatic rings. The Labute approximate surface area is 133 Å². The van der Waals surface area contributed by atoms with Gasteiger partial charge in [0.05, 0.1) is 11.7 Å². The van der Waals surface area contributed by atoms with E-state index in [0.29, 0.717) is 5.15 Å². The van der Waals surface area contributed by atoms with Crippen molar-refractivity contribution in [2.75, 3.05) is 5.32 Å². The van der Waals surface area contributed by atoms with Gasteiger partial charge in [0.1, 0.15) is 0 Å². The zero-order valence-electron chi connectivity index (χ0n) is 12.3. The highest BCUT2D eigenvalue weighted by molar-refractivity contribution is 7.19. The summed E-state index contributed by atoms with van der Waals surface area (Å²) in [5.74, 6) is 0. The lowest BCUT2D eigenvalue weighted by Gasteiger charge is -2.16. The fourth-order valence-electron chi connectivity index (χ4n) is 2.56. The first kappa shape index (κ1) is 14.4. The van der Waals surface area contributed by atoms with Gasteiger partial charge in [-0.15, -0.1) is 11.3 Å². The summed E-state index contributed by atoms with van der Waals surface area (Å²) in [4.78, 5) is 5.54. The molecule has 2 nitrogen and oxygen atoms in total. The van der Waals surface area contributed by atoms with E-state index in [9.17, 15) is 0 Å². The Balaban J connectivity index is 1.95. The van der Waals surface area contributed by atoms with Gasteiger partial charge in [0, 0.05) is 15.8 Å². The summed E-state index contributed by atoms with van der Waals surface area (Å²) in [6, 6.07) is 10.8. The zero-order chi connectivity index (χ0) is 15.0. The molecule has 1 aromatic carbocycles. The van der Waals surface area contributed by atoms with Gasteiger partial charge >= 0.3 is 0 Å². The molecular weight excluding hydrogens is 300 g/mol. The highest BCUT2D eigenvalue weighted by Crippen LogP contribution is 2.36. The van der Waals surface area contributed by atoms with Crippen molar-refractivity contribution in [1.82, 2.24) is 4.98 Å². The molecule has 2 aromatic heterocycles. The van der Waals surface area contributed by atoms with Crippen LogP contribution in [0.2, 0.25) is 5.15 Å². The number of pyridine rings is 1. The topological polar surface area (TPSA) is 24.9 Å². The van der Waals surface area contributed by atoms with E-state index in [4.69, 9.17) is 11.6 Å². The number of anilines is 1. The Morgan fingerprint density at radius 2 is 2.00 bits per heavy atom. The van der Waals surface area contributed by atoms with Crippen LogP contribution in [-0.4, -0.2) is 4.98 Å². The van der Waals surface area contributed by atoms with Crippen LogP contribution in [-0.2, 0) is 0 Å². The minimum Gasteiger partial charge on any atom is -0.375 e. The van der Waals surface area contributed by atoms with Crippen LogP contribution in [0.1, 0.15) is 29.0 Å². The third kappa shape index (κ3) is 2.76. The van der Waals surface area contributed by atoms with Gasteiger partial charge in [0.25, 0.3) is 0 Å². The molecule has 4 heteroatoms. The van der Waals surface area contributed by atoms with Crippen LogP contribution in [0.15, 0.2) is 36.5 Å². The number of rotatable bonds is 3. The number of hydrogen-bond acceptors (Lipinski definition) is 3. The molecule has 0 aliphatic carbocycles. The van der Waals surface area contributed by atoms with Gasteiger partial charge in [0.15, 0.2) is 5.15 Å². The first-order valence-corrected chi connectivity index (χ1v) is 8.12. The molecule has 0 aliphatic heterocycles. The number of benzene rings is 1. The number of nitrogens with zero attached hydrogens (tertiary/aromatic N) is 1. The molecule has 0 amide bonds. The van der Waals surface area contributed by atoms with Crippen molar-refractivity contribution in [3.8, 4) is 0 Å². The van der Waals surface area contributed by atoms with E-state index >= 15 is 0 Å². The maximum Gasteiger partial charge on any atom is 0.152 e. The first-order chi connectivity index (χ1) is 10.1. The largest absolute Gasteiger partial charge is 0.375 e. The van der Waals surface area contributed by atoms with Crippen LogP contribution in [0.3, 0.4) is 0 Å². The fraction of sp³-hybridized carbons (Fsp3) is 0.235. The Bertz CT molecular complexity index is 795. The Kier molecular flexibility index (Phi) is 3.87. The van der Waals surface area contributed by atoms with E-state index in [0.717, 1.165) is 11.3 Å². The standard InChI is InChI=1S/C17H17ClN2S/c1-10-8-14(17(18)19-9-10)20-12(3)16-11(2)13-6-4-5-7-15(13)21-16/h4-9,12,20H,1-3H3. The van der Waals surface area contributed by atoms with E-state index in [1.54, 1.807) is 6.20 Å². The predicted octanol–water partition coefficient (Wildman–Crippen LogP) is 5.74. The Hall–Kier alpha value is -1.58. The van der Waals surface area contributed by atoms with Crippen molar-refractivity contribution in [1.29, 1.82) is 0 Å². The number of thiophene rings is 1. The number of aromatic nitrogens is 1. The second kappa shape index (κ2) is 5.66. The van der Waals surface area contributed by atoms with Gasteiger partial charge < -0.3 is 5.32 Å². The normalized spacial score (nSPS) is 12.6. The summed E-state index contributed by atoms with van der Waals surface area (Å²) in [6.07, 6.45) is 1.78. The average Bonchev–Trinajstić information content (AvgIpc) is 2.81. The number of nitrogens with one attached hydrogen (secondary N) is 1. The van der Waals surface area contributed by atoms with Gasteiger partial charge in [-0.05, 0) is 49.4 Å². The third-order valence-corrected chi connectivity index (χ3v) is 5.38. The molecule has 1 N–H and O–H groups in total. The SMILES string of the molecule is Cc1cnc(Cl)c(NC(C)c2sc3ccccc3c2C)c1. The second-order valence-electron chi connectivity index (χ2n) is 5.30. The lowest BCUT2D eigenvalue weighted by atomic mass is 10.1. The van der Waals surface area contributed by atoms with Gasteiger partial charge in [-0.3, -0.25) is 0 Å². The summed E-state index contributed by atoms with van der Waals surface area (Å²) < 4.78 is 1.33. The monoisotopic (exact) mass is 316 g/mol. The van der Waals surface area contributed by atoms with Crippen LogP contribution in [0.4, 0.5) is 5.69 Å². The summed E-state index contributed by atoms with van der Waals surface area (Å²) in [6.45, 7) is 6.36. The van der Waals surface area contributed by atoms with Crippen molar-refractivity contribution in [2.24, 2.45) is 0 Å². The van der Waals surface area contributed by atoms with Crippen molar-refractivity contribution >= 4 is 38.7 Å². The number of fused-ring (bicyclic) bond motifs is 1. The minimum absolute atomic E-state index is 0.198. The van der Waals surface area contributed by atoms with Crippen LogP contribution in [0.25, 0.3) is 10.1 Å². The highest BCUT2D eigenvalue weighted by atomic mass is 35.5. The van der Waals surface area contributed by atoms with E-state index in [1.165, 1.54) is 20.5 Å². The molecule has 0 saturated heterocycles. The lowest BCUT2D eigenvalue weighted by Crippen LogP contribution is -2.07. The summed E-state index contributed by atoms with van der Waals surface area (Å²) in [5.41, 5.74) is 3.33. The second-order valence-corrected chi connectivity index (χ2v) is 6.75. The van der Waals surface area contributed by atoms with E-state index in [1.807, 2.05) is 24.3 Å². The molecule has 3 rings (SSSR count). The van der Waals surface area contributed by atoms with Gasteiger partial charge in [0.2, 0.25) is 0 Å². The molecule has 0 spiro atoms. The van der Waals surface area contributed by atoms with Crippen LogP contribution >= 0.6 is 22.9 Å². The highest BCUT2D eigenvalue weighted by Gasteiger charge is 2.15. The fourth-order valence-corrected chi connectivity index (χ4v) is 3.93. The van der Waals surface area contributed by atoms with E-state index in [-0.39, 0.29) is 6.04 Å². The molecule has 21 heavy (non-hydrogen) atoms. The van der Waals surface area contributed by atoms with Gasteiger partial charge in [-0.1, -0.05) is 29.8 Å². The first-order valence-electron chi connectivity index (χ1n) is 6.93. The van der Waals surface area contributed by atoms with Crippen molar-refractivity contribution in [3.63, 3.8) is 0 Å². The van der Waals surface area contributed by atoms with Gasteiger partial charge in [-0.2, -0.15) is 0 Å². The lowest BCUT2D eigenvalue weighted by molar-refractivity contribution is 0.898. The summed E-state index contributed by atoms with van der Waals surface area (Å²) in [5, 5.41) is 5.34. The van der Waals surface area contributed by atoms with Gasteiger partial charge in [-0.25, -0.2) is 4.98 Å². The Morgan fingerprint density at radius 3 is 2.76 bits per heavy atom. The van der Waals surface area contributed by atoms with Crippen LogP contribution in [0.5, 0.6) is 0 Å². The maximum absolute atomic E-state index is 6.18. The number of halogens is 1. The molecular formula is C17H17ClN2S. The molecule has 0 fully saturated rings. The molecule has 1 unspecified atom stereocenters. The summed E-state index contributed by atoms with van der Waals surface area (Å²) in [7, 11) is 0. The summed E-state index contributed by atoms with van der Waals surface area (Å²) >= 11 is 8.01. The smallest absolute Gasteiger partial charge is 0.152 e. The third-order valence-electron chi connectivity index (χ3n) is 3.62. The maximum atomic E-state index is 6.18. The van der Waals surface area contributed by atoms with E-state index in [2.05, 4.69) is 48.4 Å². The molecule has 1 atom stereocenters. The number of hydrogen-bond donors (Lipinski definition) is 1. The molecule has 0 saturated carbocycles. The molecule has 2 heterocycles. The minimum atomic E-state index is 0.198. The van der Waals surface area contributed by atoms with Crippen molar-refractivity contribution in [2.45, 2.75) is 26.8 Å². The molecule has 0 aliphatic rings. The van der Waals surface area contributed by atoms with Crippen molar-refractivity contribution < 1.29 is 0 Å². The molecule has 0 radical (unpaired) electrons. The zero-order valence-corrected chi connectivity index (χ0v) is 13.8. The quantitative estimate of drug-likeness (QED) is 0.623. The van der Waals surface area contributed by atoms with E-state index < -0.39 is 0 Å². The predicted molar refractivity (Wildman–Crippen MR) is 92.6 cm³/mol. The Morgan fingerprint density at radius 1 is 1.24 bits per heavy atom. The average molecular weight is 317 g/mol. The van der Waals surface area contributed by atoms with Crippen LogP contribution in [0, 0.1) is 13.8 Å². The van der Waals surface area contributed by atoms with Crippen LogP contribution < -0.4 is 5.32 Å². The number of aryl methyl sites for hydroxylation is 2.